The van der Waals surface area contributed by atoms with Crippen molar-refractivity contribution in [2.24, 2.45) is 0 Å². The van der Waals surface area contributed by atoms with Gasteiger partial charge in [-0.05, 0) is 73.7 Å². The van der Waals surface area contributed by atoms with Crippen molar-refractivity contribution in [3.63, 3.8) is 0 Å². The van der Waals surface area contributed by atoms with E-state index in [1.165, 1.54) is 7.11 Å². The number of esters is 1. The van der Waals surface area contributed by atoms with Gasteiger partial charge >= 0.3 is 5.97 Å². The molecule has 6 nitrogen and oxygen atoms in total. The number of amides is 1. The Morgan fingerprint density at radius 2 is 1.62 bits per heavy atom. The second-order valence-electron chi connectivity index (χ2n) is 7.13. The molecule has 1 aliphatic rings. The van der Waals surface area contributed by atoms with Crippen LogP contribution < -0.4 is 0 Å². The van der Waals surface area contributed by atoms with E-state index in [1.54, 1.807) is 45.4 Å². The SMILES string of the molecule is COC.COC(=O)c1ccc(C2CCCN2C(=O)c2ccc(O)c(C)c2)c(C)c1. The highest BCUT2D eigenvalue weighted by Crippen LogP contribution is 2.35. The van der Waals surface area contributed by atoms with E-state index >= 15 is 0 Å². The van der Waals surface area contributed by atoms with Crippen molar-refractivity contribution in [3.05, 3.63) is 64.2 Å². The van der Waals surface area contributed by atoms with Crippen molar-refractivity contribution in [2.45, 2.75) is 32.7 Å². The number of hydrogen-bond donors (Lipinski definition) is 1. The van der Waals surface area contributed by atoms with Crippen LogP contribution in [0.4, 0.5) is 0 Å². The van der Waals surface area contributed by atoms with E-state index < -0.39 is 0 Å². The Labute approximate surface area is 172 Å². The number of methoxy groups -OCH3 is 2. The fraction of sp³-hybridized carbons (Fsp3) is 0.391. The summed E-state index contributed by atoms with van der Waals surface area (Å²) in [5.41, 5.74) is 3.80. The van der Waals surface area contributed by atoms with Crippen molar-refractivity contribution >= 4 is 11.9 Å². The number of rotatable bonds is 3. The normalized spacial score (nSPS) is 15.5. The third-order valence-electron chi connectivity index (χ3n) is 5.01. The number of hydrogen-bond acceptors (Lipinski definition) is 5. The Morgan fingerprint density at radius 1 is 1.00 bits per heavy atom. The van der Waals surface area contributed by atoms with Gasteiger partial charge in [-0.2, -0.15) is 0 Å². The van der Waals surface area contributed by atoms with Gasteiger partial charge < -0.3 is 19.5 Å². The molecular formula is C23H29NO5. The molecule has 29 heavy (non-hydrogen) atoms. The van der Waals surface area contributed by atoms with Crippen molar-refractivity contribution in [2.75, 3.05) is 27.9 Å². The van der Waals surface area contributed by atoms with E-state index in [0.29, 0.717) is 23.2 Å². The van der Waals surface area contributed by atoms with Gasteiger partial charge in [-0.15, -0.1) is 0 Å². The van der Waals surface area contributed by atoms with E-state index in [4.69, 9.17) is 4.74 Å². The van der Waals surface area contributed by atoms with Gasteiger partial charge in [0.05, 0.1) is 18.7 Å². The summed E-state index contributed by atoms with van der Waals surface area (Å²) in [6.45, 7) is 4.43. The van der Waals surface area contributed by atoms with Gasteiger partial charge in [0.1, 0.15) is 5.75 Å². The van der Waals surface area contributed by atoms with Crippen LogP contribution in [0.3, 0.4) is 0 Å². The lowest BCUT2D eigenvalue weighted by molar-refractivity contribution is 0.0599. The van der Waals surface area contributed by atoms with Crippen LogP contribution >= 0.6 is 0 Å². The summed E-state index contributed by atoms with van der Waals surface area (Å²) in [6.07, 6.45) is 1.83. The Hall–Kier alpha value is -2.86. The second kappa shape index (κ2) is 10.1. The molecule has 3 rings (SSSR count). The van der Waals surface area contributed by atoms with Gasteiger partial charge in [0.15, 0.2) is 0 Å². The smallest absolute Gasteiger partial charge is 0.337 e. The molecule has 2 aromatic rings. The molecule has 1 saturated heterocycles. The van der Waals surface area contributed by atoms with Gasteiger partial charge in [0.25, 0.3) is 5.91 Å². The Kier molecular flexibility index (Phi) is 7.79. The molecule has 6 heteroatoms. The zero-order chi connectivity index (χ0) is 21.6. The number of phenols is 1. The molecule has 0 aliphatic carbocycles. The van der Waals surface area contributed by atoms with Crippen LogP contribution in [0.25, 0.3) is 0 Å². The van der Waals surface area contributed by atoms with Crippen molar-refractivity contribution in [1.82, 2.24) is 4.90 Å². The van der Waals surface area contributed by atoms with Gasteiger partial charge in [-0.3, -0.25) is 4.79 Å². The van der Waals surface area contributed by atoms with Crippen molar-refractivity contribution in [3.8, 4) is 5.75 Å². The number of benzene rings is 2. The number of carbonyl (C=O) groups is 2. The molecular weight excluding hydrogens is 370 g/mol. The lowest BCUT2D eigenvalue weighted by Gasteiger charge is -2.27. The van der Waals surface area contributed by atoms with Crippen LogP contribution in [0.2, 0.25) is 0 Å². The van der Waals surface area contributed by atoms with Crippen molar-refractivity contribution in [1.29, 1.82) is 0 Å². The summed E-state index contributed by atoms with van der Waals surface area (Å²) in [6, 6.07) is 10.4. The van der Waals surface area contributed by atoms with E-state index in [-0.39, 0.29) is 23.7 Å². The summed E-state index contributed by atoms with van der Waals surface area (Å²) >= 11 is 0. The molecule has 1 fully saturated rings. The minimum absolute atomic E-state index is 0.0108. The number of carbonyl (C=O) groups excluding carboxylic acids is 2. The van der Waals surface area contributed by atoms with Crippen molar-refractivity contribution < 1.29 is 24.2 Å². The molecule has 1 atom stereocenters. The summed E-state index contributed by atoms with van der Waals surface area (Å²) in [5, 5.41) is 9.69. The van der Waals surface area contributed by atoms with Crippen LogP contribution in [-0.2, 0) is 9.47 Å². The first-order valence-electron chi connectivity index (χ1n) is 9.53. The third-order valence-corrected chi connectivity index (χ3v) is 5.01. The monoisotopic (exact) mass is 399 g/mol. The average molecular weight is 399 g/mol. The molecule has 0 saturated carbocycles. The topological polar surface area (TPSA) is 76.1 Å². The molecule has 0 aromatic heterocycles. The summed E-state index contributed by atoms with van der Waals surface area (Å²) < 4.78 is 9.02. The van der Waals surface area contributed by atoms with E-state index in [9.17, 15) is 14.7 Å². The minimum Gasteiger partial charge on any atom is -0.508 e. The second-order valence-corrected chi connectivity index (χ2v) is 7.13. The van der Waals surface area contributed by atoms with Crippen LogP contribution in [0.15, 0.2) is 36.4 Å². The first kappa shape index (κ1) is 22.4. The number of aryl methyl sites for hydroxylation is 2. The first-order chi connectivity index (χ1) is 13.8. The molecule has 0 bridgehead atoms. The first-order valence-corrected chi connectivity index (χ1v) is 9.53. The maximum Gasteiger partial charge on any atom is 0.337 e. The highest BCUT2D eigenvalue weighted by atomic mass is 16.5. The fourth-order valence-electron chi connectivity index (χ4n) is 3.58. The van der Waals surface area contributed by atoms with Gasteiger partial charge in [-0.25, -0.2) is 4.79 Å². The lowest BCUT2D eigenvalue weighted by Crippen LogP contribution is -2.31. The van der Waals surface area contributed by atoms with E-state index in [0.717, 1.165) is 24.0 Å². The Bertz CT molecular complexity index is 878. The Morgan fingerprint density at radius 3 is 2.21 bits per heavy atom. The van der Waals surface area contributed by atoms with Gasteiger partial charge in [-0.1, -0.05) is 6.07 Å². The summed E-state index contributed by atoms with van der Waals surface area (Å²) in [5.74, 6) is -0.209. The predicted molar refractivity (Wildman–Crippen MR) is 111 cm³/mol. The predicted octanol–water partition coefficient (Wildman–Crippen LogP) is 4.04. The van der Waals surface area contributed by atoms with E-state index in [1.807, 2.05) is 24.0 Å². The highest BCUT2D eigenvalue weighted by molar-refractivity contribution is 5.95. The zero-order valence-electron chi connectivity index (χ0n) is 17.7. The molecule has 1 N–H and O–H groups in total. The van der Waals surface area contributed by atoms with Gasteiger partial charge in [0, 0.05) is 26.3 Å². The maximum absolute atomic E-state index is 13.0. The number of phenolic OH excluding ortho intramolecular Hbond substituents is 1. The summed E-state index contributed by atoms with van der Waals surface area (Å²) in [4.78, 5) is 26.6. The standard InChI is InChI=1S/C21H23NO4.C2H6O/c1-13-11-16(21(25)26-3)6-8-17(13)18-5-4-10-22(18)20(24)15-7-9-19(23)14(2)12-15;1-3-2/h6-9,11-12,18,23H,4-5,10H2,1-3H3;1-2H3. The number of aromatic hydroxyl groups is 1. The maximum atomic E-state index is 13.0. The number of ether oxygens (including phenoxy) is 2. The molecule has 156 valence electrons. The highest BCUT2D eigenvalue weighted by Gasteiger charge is 2.31. The van der Waals surface area contributed by atoms with Crippen LogP contribution in [0, 0.1) is 13.8 Å². The molecule has 1 heterocycles. The molecule has 0 radical (unpaired) electrons. The number of likely N-dealkylation sites (tertiary alicyclic amines) is 1. The minimum atomic E-state index is -0.362. The average Bonchev–Trinajstić information content (AvgIpc) is 3.18. The van der Waals surface area contributed by atoms with E-state index in [2.05, 4.69) is 4.74 Å². The Balaban J connectivity index is 0.000000941. The molecule has 1 aliphatic heterocycles. The summed E-state index contributed by atoms with van der Waals surface area (Å²) in [7, 11) is 4.61. The number of nitrogens with zero attached hydrogens (tertiary/aromatic N) is 1. The molecule has 2 aromatic carbocycles. The third kappa shape index (κ3) is 5.15. The van der Waals surface area contributed by atoms with Crippen LogP contribution in [0.5, 0.6) is 5.75 Å². The molecule has 0 spiro atoms. The largest absolute Gasteiger partial charge is 0.508 e. The quantitative estimate of drug-likeness (QED) is 0.789. The lowest BCUT2D eigenvalue weighted by atomic mass is 9.96. The van der Waals surface area contributed by atoms with Crippen LogP contribution in [-0.4, -0.2) is 49.8 Å². The zero-order valence-corrected chi connectivity index (χ0v) is 17.7. The fourth-order valence-corrected chi connectivity index (χ4v) is 3.58. The van der Waals surface area contributed by atoms with Gasteiger partial charge in [0.2, 0.25) is 0 Å². The molecule has 1 unspecified atom stereocenters. The van der Waals surface area contributed by atoms with Crippen LogP contribution in [0.1, 0.15) is 56.3 Å². The molecule has 1 amide bonds.